The molecule has 39 heavy (non-hydrogen) atoms. The molecule has 3 aromatic carbocycles. The standard InChI is InChI=1S/C30H30F3N3O2S/c1-2-3-7-21-12-14-24(15-13-21)35-28(37)20-39-27-19-36(26-11-5-4-10-25(26)27)17-16-34-29(38)22-8-6-9-23(18-22)30(31,32)33/h4-6,8-15,18-19H,2-3,7,16-17,20H2,1H3,(H,34,38)(H,35,37). The number of para-hydroxylation sites is 1. The number of carbonyl (C=O) groups is 2. The second-order valence-corrected chi connectivity index (χ2v) is 10.2. The highest BCUT2D eigenvalue weighted by atomic mass is 32.2. The van der Waals surface area contributed by atoms with Crippen molar-refractivity contribution in [3.63, 3.8) is 0 Å². The van der Waals surface area contributed by atoms with Crippen LogP contribution in [0, 0.1) is 0 Å². The second kappa shape index (κ2) is 12.9. The number of nitrogens with zero attached hydrogens (tertiary/aromatic N) is 1. The molecule has 2 N–H and O–H groups in total. The number of halogens is 3. The zero-order chi connectivity index (χ0) is 27.8. The average molecular weight is 554 g/mol. The molecule has 1 heterocycles. The number of alkyl halides is 3. The Hall–Kier alpha value is -3.72. The van der Waals surface area contributed by atoms with E-state index in [4.69, 9.17) is 0 Å². The maximum absolute atomic E-state index is 13.0. The molecule has 0 spiro atoms. The van der Waals surface area contributed by atoms with Gasteiger partial charge in [0.1, 0.15) is 0 Å². The largest absolute Gasteiger partial charge is 0.416 e. The maximum Gasteiger partial charge on any atom is 0.416 e. The number of unbranched alkanes of at least 4 members (excludes halogenated alkanes) is 1. The summed E-state index contributed by atoms with van der Waals surface area (Å²) in [5.41, 5.74) is 2.06. The minimum absolute atomic E-state index is 0.0416. The zero-order valence-corrected chi connectivity index (χ0v) is 22.4. The maximum atomic E-state index is 13.0. The first-order valence-corrected chi connectivity index (χ1v) is 13.8. The Kier molecular flexibility index (Phi) is 9.35. The number of amides is 2. The quantitative estimate of drug-likeness (QED) is 0.194. The molecule has 9 heteroatoms. The average Bonchev–Trinajstić information content (AvgIpc) is 3.28. The molecule has 204 valence electrons. The van der Waals surface area contributed by atoms with E-state index in [-0.39, 0.29) is 23.8 Å². The summed E-state index contributed by atoms with van der Waals surface area (Å²) in [7, 11) is 0. The van der Waals surface area contributed by atoms with E-state index in [1.807, 2.05) is 59.3 Å². The highest BCUT2D eigenvalue weighted by molar-refractivity contribution is 8.00. The first kappa shape index (κ1) is 28.3. The van der Waals surface area contributed by atoms with E-state index in [2.05, 4.69) is 17.6 Å². The Labute approximate surface area is 229 Å². The number of carbonyl (C=O) groups excluding carboxylic acids is 2. The first-order chi connectivity index (χ1) is 18.7. The number of rotatable bonds is 11. The zero-order valence-electron chi connectivity index (χ0n) is 21.6. The summed E-state index contributed by atoms with van der Waals surface area (Å²) in [4.78, 5) is 26.0. The number of aryl methyl sites for hydroxylation is 1. The van der Waals surface area contributed by atoms with Crippen molar-refractivity contribution in [3.8, 4) is 0 Å². The number of hydrogen-bond donors (Lipinski definition) is 2. The number of nitrogens with one attached hydrogen (secondary N) is 2. The lowest BCUT2D eigenvalue weighted by Gasteiger charge is -2.10. The Morgan fingerprint density at radius 2 is 1.74 bits per heavy atom. The Balaban J connectivity index is 1.34. The molecule has 1 aromatic heterocycles. The molecular formula is C30H30F3N3O2S. The van der Waals surface area contributed by atoms with Gasteiger partial charge in [-0.25, -0.2) is 0 Å². The number of thioether (sulfide) groups is 1. The molecule has 0 radical (unpaired) electrons. The monoisotopic (exact) mass is 553 g/mol. The lowest BCUT2D eigenvalue weighted by molar-refractivity contribution is -0.137. The molecule has 0 bridgehead atoms. The summed E-state index contributed by atoms with van der Waals surface area (Å²) in [6.45, 7) is 2.81. The number of fused-ring (bicyclic) bond motifs is 1. The fourth-order valence-electron chi connectivity index (χ4n) is 4.22. The van der Waals surface area contributed by atoms with Crippen molar-refractivity contribution in [2.45, 2.75) is 43.8 Å². The van der Waals surface area contributed by atoms with Gasteiger partial charge in [-0.05, 0) is 54.8 Å². The second-order valence-electron chi connectivity index (χ2n) is 9.18. The van der Waals surface area contributed by atoms with Gasteiger partial charge in [-0.2, -0.15) is 13.2 Å². The van der Waals surface area contributed by atoms with Gasteiger partial charge >= 0.3 is 6.18 Å². The molecule has 0 aliphatic carbocycles. The summed E-state index contributed by atoms with van der Waals surface area (Å²) in [6, 6.07) is 20.0. The van der Waals surface area contributed by atoms with Crippen molar-refractivity contribution >= 4 is 40.2 Å². The Morgan fingerprint density at radius 1 is 0.974 bits per heavy atom. The molecule has 2 amide bonds. The third-order valence-corrected chi connectivity index (χ3v) is 7.30. The minimum atomic E-state index is -4.51. The van der Waals surface area contributed by atoms with Crippen LogP contribution >= 0.6 is 11.8 Å². The van der Waals surface area contributed by atoms with Crippen LogP contribution in [0.5, 0.6) is 0 Å². The highest BCUT2D eigenvalue weighted by Crippen LogP contribution is 2.31. The van der Waals surface area contributed by atoms with Crippen LogP contribution < -0.4 is 10.6 Å². The SMILES string of the molecule is CCCCc1ccc(NC(=O)CSc2cn(CCNC(=O)c3cccc(C(F)(F)F)c3)c3ccccc23)cc1. The van der Waals surface area contributed by atoms with E-state index in [1.54, 1.807) is 0 Å². The van der Waals surface area contributed by atoms with Crippen molar-refractivity contribution in [2.24, 2.45) is 0 Å². The summed E-state index contributed by atoms with van der Waals surface area (Å²) in [5.74, 6) is -0.438. The predicted octanol–water partition coefficient (Wildman–Crippen LogP) is 7.16. The predicted molar refractivity (Wildman–Crippen MR) is 150 cm³/mol. The third-order valence-electron chi connectivity index (χ3n) is 6.26. The third kappa shape index (κ3) is 7.66. The van der Waals surface area contributed by atoms with Crippen LogP contribution in [0.2, 0.25) is 0 Å². The lowest BCUT2D eigenvalue weighted by atomic mass is 10.1. The van der Waals surface area contributed by atoms with Crippen molar-refractivity contribution in [1.82, 2.24) is 9.88 Å². The fraction of sp³-hybridized carbons (Fsp3) is 0.267. The van der Waals surface area contributed by atoms with Crippen molar-refractivity contribution in [2.75, 3.05) is 17.6 Å². The molecule has 5 nitrogen and oxygen atoms in total. The van der Waals surface area contributed by atoms with Crippen LogP contribution in [0.15, 0.2) is 83.9 Å². The summed E-state index contributed by atoms with van der Waals surface area (Å²) in [5, 5.41) is 6.62. The molecular weight excluding hydrogens is 523 g/mol. The van der Waals surface area contributed by atoms with E-state index in [0.29, 0.717) is 6.54 Å². The minimum Gasteiger partial charge on any atom is -0.350 e. The van der Waals surface area contributed by atoms with E-state index in [1.165, 1.54) is 29.5 Å². The van der Waals surface area contributed by atoms with Crippen molar-refractivity contribution < 1.29 is 22.8 Å². The number of aromatic nitrogens is 1. The summed E-state index contributed by atoms with van der Waals surface area (Å²) in [6.07, 6.45) is 0.726. The topological polar surface area (TPSA) is 63.1 Å². The molecule has 0 saturated carbocycles. The molecule has 0 fully saturated rings. The van der Waals surface area contributed by atoms with Crippen LogP contribution in [0.3, 0.4) is 0 Å². The first-order valence-electron chi connectivity index (χ1n) is 12.8. The van der Waals surface area contributed by atoms with Crippen LogP contribution in [0.4, 0.5) is 18.9 Å². The lowest BCUT2D eigenvalue weighted by Crippen LogP contribution is -2.27. The highest BCUT2D eigenvalue weighted by Gasteiger charge is 2.30. The van der Waals surface area contributed by atoms with Gasteiger partial charge < -0.3 is 15.2 Å². The van der Waals surface area contributed by atoms with Crippen LogP contribution in [0.1, 0.15) is 41.3 Å². The molecule has 0 aliphatic rings. The normalized spacial score (nSPS) is 11.5. The van der Waals surface area contributed by atoms with Crippen LogP contribution in [0.25, 0.3) is 10.9 Å². The Bertz CT molecular complexity index is 1430. The summed E-state index contributed by atoms with van der Waals surface area (Å²) < 4.78 is 40.9. The van der Waals surface area contributed by atoms with Gasteiger partial charge in [0, 0.05) is 46.3 Å². The van der Waals surface area contributed by atoms with E-state index in [9.17, 15) is 22.8 Å². The number of hydrogen-bond acceptors (Lipinski definition) is 3. The van der Waals surface area contributed by atoms with Gasteiger partial charge in [0.05, 0.1) is 11.3 Å². The molecule has 4 aromatic rings. The van der Waals surface area contributed by atoms with Crippen LogP contribution in [-0.4, -0.2) is 28.7 Å². The smallest absolute Gasteiger partial charge is 0.350 e. The summed E-state index contributed by atoms with van der Waals surface area (Å²) >= 11 is 1.43. The van der Waals surface area contributed by atoms with Crippen LogP contribution in [-0.2, 0) is 23.9 Å². The molecule has 0 unspecified atom stereocenters. The van der Waals surface area contributed by atoms with Crippen molar-refractivity contribution in [1.29, 1.82) is 0 Å². The van der Waals surface area contributed by atoms with Crippen molar-refractivity contribution in [3.05, 3.63) is 95.7 Å². The fourth-order valence-corrected chi connectivity index (χ4v) is 5.11. The Morgan fingerprint density at radius 3 is 2.49 bits per heavy atom. The van der Waals surface area contributed by atoms with Gasteiger partial charge in [-0.3, -0.25) is 9.59 Å². The van der Waals surface area contributed by atoms with Gasteiger partial charge in [0.2, 0.25) is 5.91 Å². The number of anilines is 1. The van der Waals surface area contributed by atoms with E-state index < -0.39 is 17.6 Å². The van der Waals surface area contributed by atoms with E-state index >= 15 is 0 Å². The molecule has 0 atom stereocenters. The van der Waals surface area contributed by atoms with Gasteiger partial charge in [0.25, 0.3) is 5.91 Å². The molecule has 4 rings (SSSR count). The van der Waals surface area contributed by atoms with Gasteiger partial charge in [-0.1, -0.05) is 49.7 Å². The van der Waals surface area contributed by atoms with Gasteiger partial charge in [0.15, 0.2) is 0 Å². The molecule has 0 saturated heterocycles. The van der Waals surface area contributed by atoms with E-state index in [0.717, 1.165) is 52.9 Å². The van der Waals surface area contributed by atoms with Gasteiger partial charge in [-0.15, -0.1) is 11.8 Å². The number of benzene rings is 3. The molecule has 0 aliphatic heterocycles.